The summed E-state index contributed by atoms with van der Waals surface area (Å²) in [5, 5.41) is 5.73. The molecule has 2 N–H and O–H groups in total. The van der Waals surface area contributed by atoms with Crippen molar-refractivity contribution in [3.8, 4) is 11.5 Å². The second-order valence-electron chi connectivity index (χ2n) is 9.11. The Morgan fingerprint density at radius 2 is 1.89 bits per heavy atom. The first-order chi connectivity index (χ1) is 17.4. The van der Waals surface area contributed by atoms with Gasteiger partial charge in [-0.2, -0.15) is 0 Å². The van der Waals surface area contributed by atoms with Gasteiger partial charge in [0.15, 0.2) is 0 Å². The van der Waals surface area contributed by atoms with Gasteiger partial charge in [0.05, 0.1) is 31.2 Å². The van der Waals surface area contributed by atoms with Crippen LogP contribution in [0.1, 0.15) is 48.5 Å². The van der Waals surface area contributed by atoms with Crippen molar-refractivity contribution in [2.45, 2.75) is 57.4 Å². The maximum Gasteiger partial charge on any atom is 0.257 e. The normalized spacial score (nSPS) is 21.2. The number of nitrogens with zero attached hydrogens (tertiary/aromatic N) is 1. The Balaban J connectivity index is 1.36. The van der Waals surface area contributed by atoms with Crippen molar-refractivity contribution in [2.24, 2.45) is 0 Å². The molecular formula is C27H33N3O6. The van der Waals surface area contributed by atoms with E-state index in [0.717, 1.165) is 11.3 Å². The minimum absolute atomic E-state index is 0.0857. The summed E-state index contributed by atoms with van der Waals surface area (Å²) in [7, 11) is 3.38. The predicted octanol–water partition coefficient (Wildman–Crippen LogP) is 3.13. The Labute approximate surface area is 211 Å². The van der Waals surface area contributed by atoms with Gasteiger partial charge < -0.3 is 29.7 Å². The standard InChI is InChI=1S/C27H33N3O6/c1-4-25(31)29-18-7-12-23-21(13-18)27(33)30(2)22-11-10-20(36-24(22)16-35-23)14-26(32)28-15-17-5-8-19(34-3)9-6-17/h5-9,12-13,20,22,24H,4,10-11,14-16H2,1-3H3,(H,28,32)(H,29,31)/t20-,22-,24-/m0/s1. The van der Waals surface area contributed by atoms with Gasteiger partial charge >= 0.3 is 0 Å². The van der Waals surface area contributed by atoms with Crippen LogP contribution in [0.2, 0.25) is 0 Å². The highest BCUT2D eigenvalue weighted by Gasteiger charge is 2.39. The van der Waals surface area contributed by atoms with Gasteiger partial charge in [0.25, 0.3) is 5.91 Å². The number of benzene rings is 2. The van der Waals surface area contributed by atoms with Crippen LogP contribution in [0.3, 0.4) is 0 Å². The zero-order chi connectivity index (χ0) is 25.7. The molecule has 0 spiro atoms. The van der Waals surface area contributed by atoms with Crippen LogP contribution in [0.25, 0.3) is 0 Å². The average Bonchev–Trinajstić information content (AvgIpc) is 2.90. The van der Waals surface area contributed by atoms with Crippen molar-refractivity contribution >= 4 is 23.4 Å². The summed E-state index contributed by atoms with van der Waals surface area (Å²) in [5.74, 6) is 0.820. The lowest BCUT2D eigenvalue weighted by Crippen LogP contribution is -2.53. The summed E-state index contributed by atoms with van der Waals surface area (Å²) in [4.78, 5) is 39.3. The zero-order valence-electron chi connectivity index (χ0n) is 20.9. The van der Waals surface area contributed by atoms with Crippen LogP contribution in [0.4, 0.5) is 5.69 Å². The van der Waals surface area contributed by atoms with Gasteiger partial charge in [-0.1, -0.05) is 19.1 Å². The van der Waals surface area contributed by atoms with Crippen molar-refractivity contribution in [1.29, 1.82) is 0 Å². The molecule has 2 heterocycles. The third-order valence-corrected chi connectivity index (χ3v) is 6.68. The maximum absolute atomic E-state index is 13.3. The molecule has 192 valence electrons. The molecule has 3 amide bonds. The fourth-order valence-corrected chi connectivity index (χ4v) is 4.58. The fourth-order valence-electron chi connectivity index (χ4n) is 4.58. The van der Waals surface area contributed by atoms with Crippen LogP contribution in [-0.2, 0) is 20.9 Å². The van der Waals surface area contributed by atoms with Gasteiger partial charge in [-0.05, 0) is 48.7 Å². The van der Waals surface area contributed by atoms with E-state index in [2.05, 4.69) is 10.6 Å². The minimum atomic E-state index is -0.347. The Morgan fingerprint density at radius 3 is 2.61 bits per heavy atom. The number of carbonyl (C=O) groups is 3. The van der Waals surface area contributed by atoms with E-state index in [4.69, 9.17) is 14.2 Å². The molecule has 0 radical (unpaired) electrons. The fraction of sp³-hybridized carbons (Fsp3) is 0.444. The van der Waals surface area contributed by atoms with Crippen molar-refractivity contribution < 1.29 is 28.6 Å². The first kappa shape index (κ1) is 25.5. The monoisotopic (exact) mass is 495 g/mol. The Bertz CT molecular complexity index is 1100. The van der Waals surface area contributed by atoms with Gasteiger partial charge in [-0.25, -0.2) is 0 Å². The molecule has 0 aliphatic carbocycles. The number of anilines is 1. The first-order valence-corrected chi connectivity index (χ1v) is 12.3. The number of amides is 3. The van der Waals surface area contributed by atoms with Crippen LogP contribution in [-0.4, -0.2) is 61.6 Å². The highest BCUT2D eigenvalue weighted by atomic mass is 16.5. The summed E-state index contributed by atoms with van der Waals surface area (Å²) < 4.78 is 17.4. The predicted molar refractivity (Wildman–Crippen MR) is 134 cm³/mol. The number of hydrogen-bond acceptors (Lipinski definition) is 6. The molecule has 3 atom stereocenters. The summed E-state index contributed by atoms with van der Waals surface area (Å²) in [6, 6.07) is 12.4. The number of nitrogens with one attached hydrogen (secondary N) is 2. The van der Waals surface area contributed by atoms with Crippen LogP contribution in [0, 0.1) is 0 Å². The van der Waals surface area contributed by atoms with E-state index in [1.54, 1.807) is 44.2 Å². The topological polar surface area (TPSA) is 106 Å². The van der Waals surface area contributed by atoms with Gasteiger partial charge in [0, 0.05) is 25.7 Å². The summed E-state index contributed by atoms with van der Waals surface area (Å²) in [6.45, 7) is 2.46. The zero-order valence-corrected chi connectivity index (χ0v) is 20.9. The molecule has 0 aromatic heterocycles. The number of ether oxygens (including phenoxy) is 3. The second-order valence-corrected chi connectivity index (χ2v) is 9.11. The van der Waals surface area contributed by atoms with E-state index in [1.165, 1.54) is 0 Å². The van der Waals surface area contributed by atoms with E-state index < -0.39 is 0 Å². The van der Waals surface area contributed by atoms with Gasteiger partial charge in [0.1, 0.15) is 24.2 Å². The second kappa shape index (κ2) is 11.4. The lowest BCUT2D eigenvalue weighted by Gasteiger charge is -2.42. The van der Waals surface area contributed by atoms with E-state index >= 15 is 0 Å². The van der Waals surface area contributed by atoms with Crippen molar-refractivity contribution in [2.75, 3.05) is 26.1 Å². The molecule has 2 aliphatic heterocycles. The molecule has 1 saturated heterocycles. The summed E-state index contributed by atoms with van der Waals surface area (Å²) >= 11 is 0. The maximum atomic E-state index is 13.3. The summed E-state index contributed by atoms with van der Waals surface area (Å²) in [6.07, 6.45) is 1.36. The van der Waals surface area contributed by atoms with Crippen molar-refractivity contribution in [1.82, 2.24) is 10.2 Å². The highest BCUT2D eigenvalue weighted by Crippen LogP contribution is 2.32. The third-order valence-electron chi connectivity index (χ3n) is 6.68. The van der Waals surface area contributed by atoms with Crippen LogP contribution >= 0.6 is 0 Å². The highest BCUT2D eigenvalue weighted by molar-refractivity contribution is 5.99. The molecule has 0 bridgehead atoms. The molecule has 1 fully saturated rings. The molecule has 4 rings (SSSR count). The SMILES string of the molecule is CCC(=O)Nc1ccc2c(c1)C(=O)N(C)[C@H]1CC[C@@H](CC(=O)NCc3ccc(OC)cc3)O[C@H]1CO2. The lowest BCUT2D eigenvalue weighted by molar-refractivity contribution is -0.134. The Morgan fingerprint density at radius 1 is 1.11 bits per heavy atom. The molecule has 9 heteroatoms. The molecule has 0 unspecified atom stereocenters. The number of fused-ring (bicyclic) bond motifs is 2. The minimum Gasteiger partial charge on any atom is -0.497 e. The molecule has 36 heavy (non-hydrogen) atoms. The average molecular weight is 496 g/mol. The largest absolute Gasteiger partial charge is 0.497 e. The van der Waals surface area contributed by atoms with E-state index in [1.807, 2.05) is 24.3 Å². The Kier molecular flexibility index (Phi) is 8.10. The molecule has 0 saturated carbocycles. The van der Waals surface area contributed by atoms with E-state index in [9.17, 15) is 14.4 Å². The number of hydrogen-bond donors (Lipinski definition) is 2. The third kappa shape index (κ3) is 5.96. The van der Waals surface area contributed by atoms with Crippen molar-refractivity contribution in [3.63, 3.8) is 0 Å². The lowest BCUT2D eigenvalue weighted by atomic mass is 9.94. The summed E-state index contributed by atoms with van der Waals surface area (Å²) in [5.41, 5.74) is 1.95. The van der Waals surface area contributed by atoms with Crippen LogP contribution in [0.15, 0.2) is 42.5 Å². The molecule has 2 aromatic carbocycles. The first-order valence-electron chi connectivity index (χ1n) is 12.3. The van der Waals surface area contributed by atoms with Crippen LogP contribution < -0.4 is 20.1 Å². The van der Waals surface area contributed by atoms with Gasteiger partial charge in [0.2, 0.25) is 11.8 Å². The molecule has 2 aromatic rings. The molecule has 9 nitrogen and oxygen atoms in total. The number of likely N-dealkylation sites (N-methyl/N-ethyl adjacent to an activating group) is 1. The molecule has 2 aliphatic rings. The van der Waals surface area contributed by atoms with E-state index in [-0.39, 0.29) is 49.0 Å². The van der Waals surface area contributed by atoms with E-state index in [0.29, 0.717) is 42.8 Å². The Hall–Kier alpha value is -3.59. The molecular weight excluding hydrogens is 462 g/mol. The van der Waals surface area contributed by atoms with Gasteiger partial charge in [-0.15, -0.1) is 0 Å². The van der Waals surface area contributed by atoms with Gasteiger partial charge in [-0.3, -0.25) is 14.4 Å². The quantitative estimate of drug-likeness (QED) is 0.611. The number of methoxy groups -OCH3 is 1. The van der Waals surface area contributed by atoms with Crippen molar-refractivity contribution in [3.05, 3.63) is 53.6 Å². The number of carbonyl (C=O) groups excluding carboxylic acids is 3. The smallest absolute Gasteiger partial charge is 0.257 e. The number of rotatable bonds is 7. The van der Waals surface area contributed by atoms with Crippen LogP contribution in [0.5, 0.6) is 11.5 Å².